The van der Waals surface area contributed by atoms with Gasteiger partial charge in [-0.25, -0.2) is 4.79 Å². The van der Waals surface area contributed by atoms with Crippen molar-refractivity contribution in [2.45, 2.75) is 51.0 Å². The fourth-order valence-corrected chi connectivity index (χ4v) is 3.06. The topological polar surface area (TPSA) is 99.3 Å². The van der Waals surface area contributed by atoms with Gasteiger partial charge in [0, 0.05) is 19.0 Å². The summed E-state index contributed by atoms with van der Waals surface area (Å²) in [7, 11) is 0. The number of urea groups is 1. The number of amides is 4. The summed E-state index contributed by atoms with van der Waals surface area (Å²) in [5, 5.41) is 6.01. The Labute approximate surface area is 158 Å². The Hall–Kier alpha value is -2.28. The number of halogens is 1. The molecule has 2 rings (SSSR count). The highest BCUT2D eigenvalue weighted by atomic mass is 35.5. The van der Waals surface area contributed by atoms with Crippen LogP contribution >= 0.6 is 11.6 Å². The molecule has 0 aromatic heterocycles. The predicted molar refractivity (Wildman–Crippen MR) is 99.7 cm³/mol. The first kappa shape index (κ1) is 20.0. The Morgan fingerprint density at radius 2 is 1.77 bits per heavy atom. The third-order valence-corrected chi connectivity index (χ3v) is 4.57. The minimum absolute atomic E-state index is 0.187. The Kier molecular flexibility index (Phi) is 8.21. The second kappa shape index (κ2) is 10.7. The van der Waals surface area contributed by atoms with E-state index < -0.39 is 5.91 Å². The van der Waals surface area contributed by atoms with Gasteiger partial charge in [-0.05, 0) is 31.4 Å². The van der Waals surface area contributed by atoms with Crippen molar-refractivity contribution in [2.75, 3.05) is 6.54 Å². The molecule has 1 aromatic rings. The summed E-state index contributed by atoms with van der Waals surface area (Å²) >= 11 is 5.92. The van der Waals surface area contributed by atoms with E-state index in [9.17, 15) is 14.4 Å². The Balaban J connectivity index is 1.56. The van der Waals surface area contributed by atoms with E-state index in [4.69, 9.17) is 11.6 Å². The molecule has 4 N–H and O–H groups in total. The number of carbonyl (C=O) groups excluding carboxylic acids is 3. The minimum Gasteiger partial charge on any atom is -0.338 e. The molecule has 1 aliphatic carbocycles. The number of hydrazine groups is 1. The molecule has 0 spiro atoms. The molecule has 8 heteroatoms. The van der Waals surface area contributed by atoms with Crippen LogP contribution in [0, 0.1) is 0 Å². The van der Waals surface area contributed by atoms with E-state index in [1.807, 2.05) is 0 Å². The van der Waals surface area contributed by atoms with Crippen molar-refractivity contribution >= 4 is 29.4 Å². The van der Waals surface area contributed by atoms with E-state index in [2.05, 4.69) is 21.5 Å². The van der Waals surface area contributed by atoms with E-state index in [1.165, 1.54) is 6.42 Å². The van der Waals surface area contributed by atoms with Crippen molar-refractivity contribution in [3.63, 3.8) is 0 Å². The first-order chi connectivity index (χ1) is 12.6. The van der Waals surface area contributed by atoms with Gasteiger partial charge in [0.1, 0.15) is 0 Å². The van der Waals surface area contributed by atoms with Crippen LogP contribution in [0.15, 0.2) is 24.3 Å². The standard InChI is InChI=1S/C18H25ClN4O3/c19-15-10-5-4-9-14(15)17(25)23-22-16(24)11-6-12-20-18(26)21-13-7-2-1-3-8-13/h4-5,9-10,13H,1-3,6-8,11-12H2,(H,22,24)(H,23,25)(H2,20,21,26). The van der Waals surface area contributed by atoms with Gasteiger partial charge in [0.2, 0.25) is 5.91 Å². The largest absolute Gasteiger partial charge is 0.338 e. The van der Waals surface area contributed by atoms with Gasteiger partial charge < -0.3 is 10.6 Å². The van der Waals surface area contributed by atoms with Crippen LogP contribution in [-0.4, -0.2) is 30.4 Å². The van der Waals surface area contributed by atoms with E-state index in [0.717, 1.165) is 25.7 Å². The average molecular weight is 381 g/mol. The van der Waals surface area contributed by atoms with Crippen LogP contribution in [-0.2, 0) is 4.79 Å². The molecular weight excluding hydrogens is 356 g/mol. The van der Waals surface area contributed by atoms with Crippen LogP contribution in [0.1, 0.15) is 55.3 Å². The Morgan fingerprint density at radius 3 is 2.50 bits per heavy atom. The molecule has 0 radical (unpaired) electrons. The molecule has 0 bridgehead atoms. The van der Waals surface area contributed by atoms with Crippen molar-refractivity contribution in [1.82, 2.24) is 21.5 Å². The quantitative estimate of drug-likeness (QED) is 0.450. The molecule has 0 atom stereocenters. The lowest BCUT2D eigenvalue weighted by atomic mass is 9.96. The summed E-state index contributed by atoms with van der Waals surface area (Å²) in [5.41, 5.74) is 4.94. The molecule has 1 aliphatic rings. The summed E-state index contributed by atoms with van der Waals surface area (Å²) in [6.07, 6.45) is 6.28. The zero-order valence-corrected chi connectivity index (χ0v) is 15.4. The summed E-state index contributed by atoms with van der Waals surface area (Å²) in [6, 6.07) is 6.64. The second-order valence-corrected chi connectivity index (χ2v) is 6.73. The van der Waals surface area contributed by atoms with Crippen molar-refractivity contribution in [3.8, 4) is 0 Å². The molecular formula is C18H25ClN4O3. The lowest BCUT2D eigenvalue weighted by Gasteiger charge is -2.22. The lowest BCUT2D eigenvalue weighted by molar-refractivity contribution is -0.121. The lowest BCUT2D eigenvalue weighted by Crippen LogP contribution is -2.44. The van der Waals surface area contributed by atoms with Crippen LogP contribution < -0.4 is 21.5 Å². The summed E-state index contributed by atoms with van der Waals surface area (Å²) in [4.78, 5) is 35.4. The van der Waals surface area contributed by atoms with E-state index in [-0.39, 0.29) is 30.0 Å². The monoisotopic (exact) mass is 380 g/mol. The van der Waals surface area contributed by atoms with Gasteiger partial charge in [0.05, 0.1) is 10.6 Å². The maximum absolute atomic E-state index is 11.9. The number of nitrogens with one attached hydrogen (secondary N) is 4. The van der Waals surface area contributed by atoms with Crippen molar-refractivity contribution in [3.05, 3.63) is 34.9 Å². The molecule has 0 saturated heterocycles. The summed E-state index contributed by atoms with van der Waals surface area (Å²) in [6.45, 7) is 0.393. The van der Waals surface area contributed by atoms with Crippen molar-refractivity contribution < 1.29 is 14.4 Å². The highest BCUT2D eigenvalue weighted by Crippen LogP contribution is 2.17. The minimum atomic E-state index is -0.478. The molecule has 26 heavy (non-hydrogen) atoms. The first-order valence-corrected chi connectivity index (χ1v) is 9.32. The predicted octanol–water partition coefficient (Wildman–Crippen LogP) is 2.51. The van der Waals surface area contributed by atoms with Gasteiger partial charge in [-0.2, -0.15) is 0 Å². The van der Waals surface area contributed by atoms with Crippen LogP contribution in [0.25, 0.3) is 0 Å². The highest BCUT2D eigenvalue weighted by molar-refractivity contribution is 6.33. The van der Waals surface area contributed by atoms with Crippen LogP contribution in [0.3, 0.4) is 0 Å². The highest BCUT2D eigenvalue weighted by Gasteiger charge is 2.15. The van der Waals surface area contributed by atoms with Crippen molar-refractivity contribution in [1.29, 1.82) is 0 Å². The molecule has 142 valence electrons. The number of carbonyl (C=O) groups is 3. The van der Waals surface area contributed by atoms with E-state index >= 15 is 0 Å². The van der Waals surface area contributed by atoms with Crippen LogP contribution in [0.5, 0.6) is 0 Å². The zero-order valence-electron chi connectivity index (χ0n) is 14.6. The number of hydrogen-bond acceptors (Lipinski definition) is 3. The van der Waals surface area contributed by atoms with E-state index in [0.29, 0.717) is 18.0 Å². The van der Waals surface area contributed by atoms with Gasteiger partial charge in [-0.15, -0.1) is 0 Å². The number of rotatable bonds is 6. The zero-order chi connectivity index (χ0) is 18.8. The average Bonchev–Trinajstić information content (AvgIpc) is 2.64. The molecule has 4 amide bonds. The molecule has 1 saturated carbocycles. The van der Waals surface area contributed by atoms with Crippen molar-refractivity contribution in [2.24, 2.45) is 0 Å². The third kappa shape index (κ3) is 6.92. The Bertz CT molecular complexity index is 633. The normalized spacial score (nSPS) is 14.3. The summed E-state index contributed by atoms with van der Waals surface area (Å²) in [5.74, 6) is -0.811. The number of hydrogen-bond donors (Lipinski definition) is 4. The molecule has 0 aliphatic heterocycles. The second-order valence-electron chi connectivity index (χ2n) is 6.32. The van der Waals surface area contributed by atoms with Gasteiger partial charge in [0.15, 0.2) is 0 Å². The SMILES string of the molecule is O=C(CCCNC(=O)NC1CCCCC1)NNC(=O)c1ccccc1Cl. The van der Waals surface area contributed by atoms with Gasteiger partial charge >= 0.3 is 6.03 Å². The molecule has 0 heterocycles. The fourth-order valence-electron chi connectivity index (χ4n) is 2.84. The third-order valence-electron chi connectivity index (χ3n) is 4.24. The fraction of sp³-hybridized carbons (Fsp3) is 0.500. The smallest absolute Gasteiger partial charge is 0.315 e. The molecule has 1 fully saturated rings. The van der Waals surface area contributed by atoms with Gasteiger partial charge in [0.25, 0.3) is 5.91 Å². The number of benzene rings is 1. The molecule has 7 nitrogen and oxygen atoms in total. The summed E-state index contributed by atoms with van der Waals surface area (Å²) < 4.78 is 0. The van der Waals surface area contributed by atoms with Crippen LogP contribution in [0.4, 0.5) is 4.79 Å². The van der Waals surface area contributed by atoms with Gasteiger partial charge in [-0.3, -0.25) is 20.4 Å². The van der Waals surface area contributed by atoms with Gasteiger partial charge in [-0.1, -0.05) is 43.0 Å². The maximum Gasteiger partial charge on any atom is 0.315 e. The molecule has 0 unspecified atom stereocenters. The maximum atomic E-state index is 11.9. The molecule has 1 aromatic carbocycles. The Morgan fingerprint density at radius 1 is 1.04 bits per heavy atom. The first-order valence-electron chi connectivity index (χ1n) is 8.94. The van der Waals surface area contributed by atoms with Crippen LogP contribution in [0.2, 0.25) is 5.02 Å². The van der Waals surface area contributed by atoms with E-state index in [1.54, 1.807) is 24.3 Å².